The molecule has 0 spiro atoms. The zero-order chi connectivity index (χ0) is 28.0. The number of primary amides is 1. The lowest BCUT2D eigenvalue weighted by molar-refractivity contribution is -0.530. The molecule has 11 heteroatoms. The first-order valence-corrected chi connectivity index (χ1v) is 14.5. The molecule has 4 aliphatic rings. The van der Waals surface area contributed by atoms with Crippen LogP contribution < -0.4 is 15.8 Å². The molecule has 2 aromatic rings. The fraction of sp³-hybridized carbons (Fsp3) is 0.621. The molecular weight excluding hydrogens is 512 g/mol. The molecule has 2 amide bonds. The highest BCUT2D eigenvalue weighted by Gasteiger charge is 2.39. The highest BCUT2D eigenvalue weighted by atomic mass is 16.5. The van der Waals surface area contributed by atoms with E-state index in [1.165, 1.54) is 12.8 Å². The molecule has 6 rings (SSSR count). The van der Waals surface area contributed by atoms with Crippen LogP contribution in [0.2, 0.25) is 0 Å². The number of carbonyl (C=O) groups is 2. The summed E-state index contributed by atoms with van der Waals surface area (Å²) in [5, 5.41) is 22.4. The van der Waals surface area contributed by atoms with Crippen LogP contribution in [0.5, 0.6) is 5.75 Å². The summed E-state index contributed by atoms with van der Waals surface area (Å²) in [6.45, 7) is 4.39. The lowest BCUT2D eigenvalue weighted by Gasteiger charge is -2.29. The number of amides is 2. The zero-order valence-corrected chi connectivity index (χ0v) is 23.2. The monoisotopic (exact) mass is 551 g/mol. The zero-order valence-electron chi connectivity index (χ0n) is 23.2. The number of hydrogen-bond acceptors (Lipinski definition) is 7. The SMILES string of the molecule is CC(C)(O)COc1ccc2c(C(=O)NC3CCC(OC4=N[N+](CC5CC5)=CC4C(N)=O)CC3)cnn2c1C1CC1. The highest BCUT2D eigenvalue weighted by Crippen LogP contribution is 2.44. The number of aromatic nitrogens is 2. The molecule has 0 aromatic carbocycles. The van der Waals surface area contributed by atoms with Gasteiger partial charge in [-0.2, -0.15) is 5.10 Å². The number of nitrogens with one attached hydrogen (secondary N) is 1. The Morgan fingerprint density at radius 1 is 1.15 bits per heavy atom. The summed E-state index contributed by atoms with van der Waals surface area (Å²) in [7, 11) is 0. The van der Waals surface area contributed by atoms with E-state index in [0.29, 0.717) is 29.0 Å². The number of rotatable bonds is 10. The highest BCUT2D eigenvalue weighted by molar-refractivity contribution is 6.12. The summed E-state index contributed by atoms with van der Waals surface area (Å²) in [6, 6.07) is 3.76. The van der Waals surface area contributed by atoms with Gasteiger partial charge in [-0.25, -0.2) is 4.52 Å². The Labute approximate surface area is 233 Å². The third-order valence-corrected chi connectivity index (χ3v) is 8.03. The normalized spacial score (nSPS) is 24.9. The van der Waals surface area contributed by atoms with Gasteiger partial charge in [0.2, 0.25) is 5.91 Å². The van der Waals surface area contributed by atoms with E-state index >= 15 is 0 Å². The molecule has 3 aliphatic carbocycles. The standard InChI is InChI=1S/C29H38N6O5/c1-29(2,38)16-39-24-12-11-23-21(13-31-35(23)25(24)18-5-6-18)27(37)32-19-7-9-20(10-8-19)40-28-22(26(30)36)15-34(33-28)14-17-3-4-17/h11-13,15,17-20,22,38H,3-10,14,16H2,1-2H3,(H2-,30,32,36,37)/p+1. The third-order valence-electron chi connectivity index (χ3n) is 8.03. The molecule has 0 saturated heterocycles. The van der Waals surface area contributed by atoms with E-state index in [0.717, 1.165) is 56.3 Å². The van der Waals surface area contributed by atoms with Gasteiger partial charge < -0.3 is 25.6 Å². The van der Waals surface area contributed by atoms with Crippen LogP contribution in [0.4, 0.5) is 0 Å². The first kappa shape index (κ1) is 26.7. The Hall–Kier alpha value is -3.47. The summed E-state index contributed by atoms with van der Waals surface area (Å²) in [6.07, 6.45) is 10.9. The second kappa shape index (κ2) is 10.5. The molecule has 1 unspecified atom stereocenters. The number of hydrazone groups is 1. The number of nitrogens with two attached hydrogens (primary N) is 1. The second-order valence-corrected chi connectivity index (χ2v) is 12.4. The number of pyridine rings is 1. The van der Waals surface area contributed by atoms with Crippen LogP contribution in [0, 0.1) is 11.8 Å². The van der Waals surface area contributed by atoms with Crippen molar-refractivity contribution in [2.24, 2.45) is 22.7 Å². The van der Waals surface area contributed by atoms with Crippen molar-refractivity contribution in [3.63, 3.8) is 0 Å². The second-order valence-electron chi connectivity index (χ2n) is 12.4. The minimum atomic E-state index is -0.946. The maximum Gasteiger partial charge on any atom is 0.277 e. The number of aliphatic hydroxyl groups is 1. The molecule has 3 fully saturated rings. The topological polar surface area (TPSA) is 144 Å². The van der Waals surface area contributed by atoms with Crippen molar-refractivity contribution in [2.45, 2.75) is 88.9 Å². The molecule has 1 aliphatic heterocycles. The van der Waals surface area contributed by atoms with Crippen LogP contribution in [0.25, 0.3) is 5.52 Å². The average Bonchev–Trinajstić information content (AvgIpc) is 3.82. The Morgan fingerprint density at radius 2 is 1.90 bits per heavy atom. The number of hydrogen-bond donors (Lipinski definition) is 3. The lowest BCUT2D eigenvalue weighted by atomic mass is 9.92. The predicted octanol–water partition coefficient (Wildman–Crippen LogP) is 2.34. The van der Waals surface area contributed by atoms with Crippen molar-refractivity contribution < 1.29 is 28.9 Å². The summed E-state index contributed by atoms with van der Waals surface area (Å²) in [5.41, 5.74) is 6.89. The average molecular weight is 552 g/mol. The van der Waals surface area contributed by atoms with Gasteiger partial charge in [-0.1, -0.05) is 4.68 Å². The van der Waals surface area contributed by atoms with Gasteiger partial charge in [-0.3, -0.25) is 9.59 Å². The summed E-state index contributed by atoms with van der Waals surface area (Å²) in [5.74, 6) is 0.845. The van der Waals surface area contributed by atoms with Crippen molar-refractivity contribution in [2.75, 3.05) is 13.2 Å². The summed E-state index contributed by atoms with van der Waals surface area (Å²) in [4.78, 5) is 25.3. The molecule has 0 radical (unpaired) electrons. The number of ether oxygens (including phenoxy) is 2. The molecular formula is C29H39N6O5+. The lowest BCUT2D eigenvalue weighted by Crippen LogP contribution is -2.40. The van der Waals surface area contributed by atoms with Crippen LogP contribution in [0.3, 0.4) is 0 Å². The Kier molecular flexibility index (Phi) is 7.02. The maximum absolute atomic E-state index is 13.3. The molecule has 40 heavy (non-hydrogen) atoms. The largest absolute Gasteiger partial charge is 0.489 e. The first-order valence-electron chi connectivity index (χ1n) is 14.5. The first-order chi connectivity index (χ1) is 19.1. The molecule has 3 saturated carbocycles. The van der Waals surface area contributed by atoms with Gasteiger partial charge in [0.05, 0.1) is 28.6 Å². The van der Waals surface area contributed by atoms with Gasteiger partial charge >= 0.3 is 0 Å². The summed E-state index contributed by atoms with van der Waals surface area (Å²) < 4.78 is 15.7. The van der Waals surface area contributed by atoms with E-state index in [1.54, 1.807) is 26.3 Å². The van der Waals surface area contributed by atoms with Gasteiger partial charge in [0.25, 0.3) is 11.8 Å². The fourth-order valence-corrected chi connectivity index (χ4v) is 5.51. The minimum absolute atomic E-state index is 0.0231. The van der Waals surface area contributed by atoms with E-state index in [1.807, 2.05) is 21.3 Å². The fourth-order valence-electron chi connectivity index (χ4n) is 5.51. The molecule has 4 N–H and O–H groups in total. The van der Waals surface area contributed by atoms with Crippen molar-refractivity contribution in [1.29, 1.82) is 0 Å². The van der Waals surface area contributed by atoms with Gasteiger partial charge in [0.1, 0.15) is 18.5 Å². The van der Waals surface area contributed by atoms with Crippen molar-refractivity contribution >= 4 is 29.4 Å². The van der Waals surface area contributed by atoms with Crippen LogP contribution in [-0.4, -0.2) is 74.2 Å². The van der Waals surface area contributed by atoms with E-state index < -0.39 is 17.4 Å². The van der Waals surface area contributed by atoms with Crippen molar-refractivity contribution in [3.8, 4) is 5.75 Å². The van der Waals surface area contributed by atoms with E-state index in [-0.39, 0.29) is 24.7 Å². The van der Waals surface area contributed by atoms with E-state index in [2.05, 4.69) is 15.5 Å². The smallest absolute Gasteiger partial charge is 0.277 e. The number of nitrogens with zero attached hydrogens (tertiary/aromatic N) is 4. The third kappa shape index (κ3) is 5.99. The molecule has 214 valence electrons. The van der Waals surface area contributed by atoms with Crippen LogP contribution in [-0.2, 0) is 9.53 Å². The van der Waals surface area contributed by atoms with Gasteiger partial charge in [-0.15, -0.1) is 0 Å². The Bertz CT molecular complexity index is 1360. The molecule has 1 atom stereocenters. The molecule has 0 bridgehead atoms. The van der Waals surface area contributed by atoms with Gasteiger partial charge in [-0.05, 0) is 77.3 Å². The van der Waals surface area contributed by atoms with Gasteiger partial charge in [0.15, 0.2) is 18.7 Å². The minimum Gasteiger partial charge on any atom is -0.489 e. The van der Waals surface area contributed by atoms with Crippen molar-refractivity contribution in [1.82, 2.24) is 14.9 Å². The Morgan fingerprint density at radius 3 is 2.55 bits per heavy atom. The maximum atomic E-state index is 13.3. The Balaban J connectivity index is 1.07. The number of fused-ring (bicyclic) bond motifs is 1. The summed E-state index contributed by atoms with van der Waals surface area (Å²) >= 11 is 0. The molecule has 3 heterocycles. The quantitative estimate of drug-likeness (QED) is 0.387. The molecule has 11 nitrogen and oxygen atoms in total. The molecule has 2 aromatic heterocycles. The van der Waals surface area contributed by atoms with Gasteiger partial charge in [0, 0.05) is 23.0 Å². The predicted molar refractivity (Wildman–Crippen MR) is 148 cm³/mol. The van der Waals surface area contributed by atoms with E-state index in [9.17, 15) is 14.7 Å². The van der Waals surface area contributed by atoms with Crippen molar-refractivity contribution in [3.05, 3.63) is 29.6 Å². The van der Waals surface area contributed by atoms with Crippen LogP contribution >= 0.6 is 0 Å². The van der Waals surface area contributed by atoms with Crippen LogP contribution in [0.1, 0.15) is 87.2 Å². The number of carbonyl (C=O) groups excluding carboxylic acids is 2. The van der Waals surface area contributed by atoms with E-state index in [4.69, 9.17) is 15.2 Å². The van der Waals surface area contributed by atoms with Crippen LogP contribution in [0.15, 0.2) is 23.4 Å².